The van der Waals surface area contributed by atoms with Gasteiger partial charge in [0.2, 0.25) is 10.0 Å². The van der Waals surface area contributed by atoms with E-state index in [4.69, 9.17) is 9.47 Å². The van der Waals surface area contributed by atoms with Crippen LogP contribution in [0.4, 0.5) is 5.69 Å². The van der Waals surface area contributed by atoms with Gasteiger partial charge < -0.3 is 14.8 Å². The molecule has 0 saturated heterocycles. The van der Waals surface area contributed by atoms with Crippen LogP contribution in [0.2, 0.25) is 0 Å². The molecule has 0 bridgehead atoms. The first kappa shape index (κ1) is 19.2. The fourth-order valence-corrected chi connectivity index (χ4v) is 4.34. The van der Waals surface area contributed by atoms with Crippen molar-refractivity contribution in [2.24, 2.45) is 0 Å². The minimum atomic E-state index is -3.63. The average Bonchev–Trinajstić information content (AvgIpc) is 2.68. The van der Waals surface area contributed by atoms with E-state index in [0.717, 1.165) is 0 Å². The lowest BCUT2D eigenvalue weighted by molar-refractivity contribution is 0.102. The van der Waals surface area contributed by atoms with Gasteiger partial charge in [-0.15, -0.1) is 0 Å². The molecule has 144 valence electrons. The van der Waals surface area contributed by atoms with Gasteiger partial charge in [-0.3, -0.25) is 4.79 Å². The molecule has 1 amide bonds. The number of carbonyl (C=O) groups excluding carboxylic acids is 1. The van der Waals surface area contributed by atoms with E-state index in [1.807, 2.05) is 0 Å². The van der Waals surface area contributed by atoms with Gasteiger partial charge in [0.25, 0.3) is 5.91 Å². The van der Waals surface area contributed by atoms with Crippen molar-refractivity contribution in [1.82, 2.24) is 4.31 Å². The average molecular weight is 390 g/mol. The number of hydrogen-bond acceptors (Lipinski definition) is 5. The van der Waals surface area contributed by atoms with Crippen molar-refractivity contribution in [3.63, 3.8) is 0 Å². The van der Waals surface area contributed by atoms with E-state index in [-0.39, 0.29) is 10.5 Å². The van der Waals surface area contributed by atoms with Gasteiger partial charge in [-0.05, 0) is 30.3 Å². The Kier molecular flexibility index (Phi) is 5.67. The van der Waals surface area contributed by atoms with Crippen LogP contribution < -0.4 is 14.8 Å². The molecule has 0 saturated carbocycles. The first-order valence-electron chi connectivity index (χ1n) is 8.77. The topological polar surface area (TPSA) is 84.9 Å². The van der Waals surface area contributed by atoms with Crippen LogP contribution in [0.15, 0.2) is 47.4 Å². The lowest BCUT2D eigenvalue weighted by Gasteiger charge is -2.19. The molecule has 0 atom stereocenters. The summed E-state index contributed by atoms with van der Waals surface area (Å²) in [4.78, 5) is 12.7. The summed E-state index contributed by atoms with van der Waals surface area (Å²) in [6, 6.07) is 11.1. The minimum absolute atomic E-state index is 0.0982. The monoisotopic (exact) mass is 390 g/mol. The summed E-state index contributed by atoms with van der Waals surface area (Å²) in [6.45, 7) is 5.24. The number of benzene rings is 2. The maximum Gasteiger partial charge on any atom is 0.255 e. The molecule has 0 spiro atoms. The molecule has 3 rings (SSSR count). The zero-order valence-electron chi connectivity index (χ0n) is 15.3. The number of anilines is 1. The standard InChI is InChI=1S/C19H22N2O5S/c1-3-21(4-2)27(23,24)16-7-5-6-14(12-16)19(22)20-15-8-9-17-18(13-15)26-11-10-25-17/h5-9,12-13H,3-4,10-11H2,1-2H3,(H,20,22). The third kappa shape index (κ3) is 4.06. The van der Waals surface area contributed by atoms with Gasteiger partial charge in [-0.25, -0.2) is 8.42 Å². The number of nitrogens with one attached hydrogen (secondary N) is 1. The molecule has 0 fully saturated rings. The molecule has 1 N–H and O–H groups in total. The zero-order chi connectivity index (χ0) is 19.4. The van der Waals surface area contributed by atoms with Gasteiger partial charge in [0.15, 0.2) is 11.5 Å². The van der Waals surface area contributed by atoms with E-state index in [0.29, 0.717) is 43.5 Å². The van der Waals surface area contributed by atoms with E-state index in [9.17, 15) is 13.2 Å². The highest BCUT2D eigenvalue weighted by atomic mass is 32.2. The normalized spacial score (nSPS) is 13.4. The van der Waals surface area contributed by atoms with Crippen LogP contribution in [-0.4, -0.2) is 44.9 Å². The lowest BCUT2D eigenvalue weighted by atomic mass is 10.2. The van der Waals surface area contributed by atoms with Crippen molar-refractivity contribution in [2.45, 2.75) is 18.7 Å². The Hall–Kier alpha value is -2.58. The first-order chi connectivity index (χ1) is 13.0. The van der Waals surface area contributed by atoms with Crippen molar-refractivity contribution >= 4 is 21.6 Å². The van der Waals surface area contributed by atoms with Gasteiger partial charge in [-0.1, -0.05) is 19.9 Å². The van der Waals surface area contributed by atoms with Crippen molar-refractivity contribution < 1.29 is 22.7 Å². The Morgan fingerprint density at radius 1 is 1.04 bits per heavy atom. The second-order valence-corrected chi connectivity index (χ2v) is 7.87. The number of fused-ring (bicyclic) bond motifs is 1. The van der Waals surface area contributed by atoms with Crippen molar-refractivity contribution in [3.8, 4) is 11.5 Å². The second-order valence-electron chi connectivity index (χ2n) is 5.93. The van der Waals surface area contributed by atoms with Crippen LogP contribution in [-0.2, 0) is 10.0 Å². The number of nitrogens with zero attached hydrogens (tertiary/aromatic N) is 1. The fraction of sp³-hybridized carbons (Fsp3) is 0.316. The molecule has 2 aromatic carbocycles. The highest BCUT2D eigenvalue weighted by molar-refractivity contribution is 7.89. The SMILES string of the molecule is CCN(CC)S(=O)(=O)c1cccc(C(=O)Nc2ccc3c(c2)OCCO3)c1. The Labute approximate surface area is 158 Å². The van der Waals surface area contributed by atoms with Crippen LogP contribution in [0.1, 0.15) is 24.2 Å². The number of amides is 1. The third-order valence-corrected chi connectivity index (χ3v) is 6.29. The van der Waals surface area contributed by atoms with E-state index in [1.54, 1.807) is 44.2 Å². The Morgan fingerprint density at radius 3 is 2.44 bits per heavy atom. The second kappa shape index (κ2) is 7.98. The van der Waals surface area contributed by atoms with Gasteiger partial charge in [0.05, 0.1) is 4.90 Å². The summed E-state index contributed by atoms with van der Waals surface area (Å²) in [5.74, 6) is 0.798. The summed E-state index contributed by atoms with van der Waals surface area (Å²) in [5.41, 5.74) is 0.805. The minimum Gasteiger partial charge on any atom is -0.486 e. The molecular weight excluding hydrogens is 368 g/mol. The van der Waals surface area contributed by atoms with E-state index < -0.39 is 15.9 Å². The number of sulfonamides is 1. The quantitative estimate of drug-likeness (QED) is 0.820. The van der Waals surface area contributed by atoms with Gasteiger partial charge in [0, 0.05) is 30.4 Å². The molecule has 2 aromatic rings. The Balaban J connectivity index is 1.82. The first-order valence-corrected chi connectivity index (χ1v) is 10.2. The maximum atomic E-state index is 12.7. The van der Waals surface area contributed by atoms with Crippen LogP contribution in [0.5, 0.6) is 11.5 Å². The lowest BCUT2D eigenvalue weighted by Crippen LogP contribution is -2.30. The number of carbonyl (C=O) groups is 1. The maximum absolute atomic E-state index is 12.7. The van der Waals surface area contributed by atoms with Crippen LogP contribution in [0, 0.1) is 0 Å². The number of rotatable bonds is 6. The summed E-state index contributed by atoms with van der Waals surface area (Å²) in [5, 5.41) is 2.76. The van der Waals surface area contributed by atoms with Crippen LogP contribution >= 0.6 is 0 Å². The molecule has 0 radical (unpaired) electrons. The van der Waals surface area contributed by atoms with Crippen molar-refractivity contribution in [3.05, 3.63) is 48.0 Å². The fourth-order valence-electron chi connectivity index (χ4n) is 2.83. The zero-order valence-corrected chi connectivity index (χ0v) is 16.1. The smallest absolute Gasteiger partial charge is 0.255 e. The largest absolute Gasteiger partial charge is 0.486 e. The molecule has 0 unspecified atom stereocenters. The molecule has 1 aliphatic rings. The summed E-state index contributed by atoms with van der Waals surface area (Å²) < 4.78 is 37.6. The Morgan fingerprint density at radius 2 is 1.74 bits per heavy atom. The van der Waals surface area contributed by atoms with Gasteiger partial charge in [0.1, 0.15) is 13.2 Å². The molecule has 27 heavy (non-hydrogen) atoms. The Bertz CT molecular complexity index is 939. The molecule has 1 heterocycles. The number of ether oxygens (including phenoxy) is 2. The summed E-state index contributed by atoms with van der Waals surface area (Å²) >= 11 is 0. The molecule has 0 aromatic heterocycles. The highest BCUT2D eigenvalue weighted by Crippen LogP contribution is 2.32. The molecular formula is C19H22N2O5S. The molecule has 0 aliphatic carbocycles. The van der Waals surface area contributed by atoms with E-state index in [1.165, 1.54) is 16.4 Å². The predicted molar refractivity (Wildman–Crippen MR) is 102 cm³/mol. The highest BCUT2D eigenvalue weighted by Gasteiger charge is 2.22. The van der Waals surface area contributed by atoms with Gasteiger partial charge >= 0.3 is 0 Å². The van der Waals surface area contributed by atoms with Crippen LogP contribution in [0.3, 0.4) is 0 Å². The predicted octanol–water partition coefficient (Wildman–Crippen LogP) is 2.74. The van der Waals surface area contributed by atoms with E-state index >= 15 is 0 Å². The third-order valence-electron chi connectivity index (χ3n) is 4.24. The summed E-state index contributed by atoms with van der Waals surface area (Å²) in [7, 11) is -3.63. The summed E-state index contributed by atoms with van der Waals surface area (Å²) in [6.07, 6.45) is 0. The molecule has 1 aliphatic heterocycles. The number of hydrogen-bond donors (Lipinski definition) is 1. The molecule has 8 heteroatoms. The van der Waals surface area contributed by atoms with Gasteiger partial charge in [-0.2, -0.15) is 4.31 Å². The molecule has 7 nitrogen and oxygen atoms in total. The van der Waals surface area contributed by atoms with Crippen molar-refractivity contribution in [2.75, 3.05) is 31.6 Å². The van der Waals surface area contributed by atoms with E-state index in [2.05, 4.69) is 5.32 Å². The van der Waals surface area contributed by atoms with Crippen molar-refractivity contribution in [1.29, 1.82) is 0 Å². The van der Waals surface area contributed by atoms with Crippen LogP contribution in [0.25, 0.3) is 0 Å².